The van der Waals surface area contributed by atoms with Crippen LogP contribution in [0.5, 0.6) is 0 Å². The van der Waals surface area contributed by atoms with Crippen LogP contribution in [0.1, 0.15) is 0 Å². The van der Waals surface area contributed by atoms with Crippen molar-refractivity contribution >= 4 is 60.9 Å². The van der Waals surface area contributed by atoms with Crippen LogP contribution >= 0.6 is 0 Å². The number of aromatic nitrogens is 1. The van der Waals surface area contributed by atoms with E-state index in [-0.39, 0.29) is 0 Å². The third kappa shape index (κ3) is 5.22. The van der Waals surface area contributed by atoms with E-state index in [0.29, 0.717) is 11.5 Å². The standard InChI is InChI=1S/C47H30N2O2/c1-3-10-31(11-4-1)33-20-22-38(23-21-33)49(39-17-9-16-36(27-39)37-19-18-32-12-7-8-15-35(32)26-37)40-24-25-41-42-29-43-46(30-45(42)50-44(41)28-40)51-47(48-43)34-13-5-2-6-14-34/h1-30H. The summed E-state index contributed by atoms with van der Waals surface area (Å²) >= 11 is 0. The van der Waals surface area contributed by atoms with Crippen LogP contribution in [0.4, 0.5) is 17.1 Å². The van der Waals surface area contributed by atoms with Gasteiger partial charge in [0.15, 0.2) is 5.58 Å². The summed E-state index contributed by atoms with van der Waals surface area (Å²) < 4.78 is 12.7. The molecule has 240 valence electrons. The van der Waals surface area contributed by atoms with Crippen molar-refractivity contribution in [3.8, 4) is 33.7 Å². The summed E-state index contributed by atoms with van der Waals surface area (Å²) in [5, 5.41) is 4.50. The van der Waals surface area contributed by atoms with Crippen molar-refractivity contribution in [2.45, 2.75) is 0 Å². The van der Waals surface area contributed by atoms with Gasteiger partial charge in [-0.3, -0.25) is 0 Å². The summed E-state index contributed by atoms with van der Waals surface area (Å²) in [6, 6.07) is 63.6. The molecule has 0 unspecified atom stereocenters. The third-order valence-corrected chi connectivity index (χ3v) is 9.66. The van der Waals surface area contributed by atoms with Crippen LogP contribution in [-0.4, -0.2) is 4.98 Å². The number of hydrogen-bond donors (Lipinski definition) is 0. The lowest BCUT2D eigenvalue weighted by Gasteiger charge is -2.26. The summed E-state index contributed by atoms with van der Waals surface area (Å²) in [6.45, 7) is 0. The fourth-order valence-electron chi connectivity index (χ4n) is 7.10. The van der Waals surface area contributed by atoms with Gasteiger partial charge in [-0.2, -0.15) is 0 Å². The first-order valence-corrected chi connectivity index (χ1v) is 17.1. The SMILES string of the molecule is c1ccc(-c2ccc(N(c3cccc(-c4ccc5ccccc5c4)c3)c3ccc4c(c3)oc3cc5oc(-c6ccccc6)nc5cc34)cc2)cc1. The average Bonchev–Trinajstić information content (AvgIpc) is 3.78. The summed E-state index contributed by atoms with van der Waals surface area (Å²) in [7, 11) is 0. The fraction of sp³-hybridized carbons (Fsp3) is 0. The topological polar surface area (TPSA) is 42.4 Å². The molecule has 0 aliphatic rings. The molecule has 2 heterocycles. The van der Waals surface area contributed by atoms with Crippen LogP contribution < -0.4 is 4.90 Å². The molecule has 0 aliphatic carbocycles. The highest BCUT2D eigenvalue weighted by Crippen LogP contribution is 2.41. The van der Waals surface area contributed by atoms with E-state index in [1.54, 1.807) is 0 Å². The molecular formula is C47H30N2O2. The predicted octanol–water partition coefficient (Wildman–Crippen LogP) is 13.4. The zero-order chi connectivity index (χ0) is 33.7. The highest BCUT2D eigenvalue weighted by atomic mass is 16.4. The van der Waals surface area contributed by atoms with Gasteiger partial charge in [-0.05, 0) is 93.7 Å². The molecule has 4 nitrogen and oxygen atoms in total. The van der Waals surface area contributed by atoms with Crippen molar-refractivity contribution in [2.24, 2.45) is 0 Å². The van der Waals surface area contributed by atoms with E-state index in [0.717, 1.165) is 55.6 Å². The van der Waals surface area contributed by atoms with E-state index in [2.05, 4.69) is 144 Å². The number of furan rings is 1. The van der Waals surface area contributed by atoms with Crippen molar-refractivity contribution in [3.63, 3.8) is 0 Å². The lowest BCUT2D eigenvalue weighted by atomic mass is 10.00. The second-order valence-corrected chi connectivity index (χ2v) is 12.8. The van der Waals surface area contributed by atoms with Gasteiger partial charge in [-0.25, -0.2) is 4.98 Å². The summed E-state index contributed by atoms with van der Waals surface area (Å²) in [5.74, 6) is 0.602. The molecule has 10 rings (SSSR count). The number of oxazole rings is 1. The van der Waals surface area contributed by atoms with Gasteiger partial charge >= 0.3 is 0 Å². The number of fused-ring (bicyclic) bond motifs is 5. The number of anilines is 3. The first-order valence-electron chi connectivity index (χ1n) is 17.1. The third-order valence-electron chi connectivity index (χ3n) is 9.66. The quantitative estimate of drug-likeness (QED) is 0.179. The molecule has 10 aromatic rings. The zero-order valence-electron chi connectivity index (χ0n) is 27.5. The Morgan fingerprint density at radius 3 is 1.80 bits per heavy atom. The maximum absolute atomic E-state index is 6.53. The Hall–Kier alpha value is -6.91. The van der Waals surface area contributed by atoms with Gasteiger partial charge < -0.3 is 13.7 Å². The highest BCUT2D eigenvalue weighted by Gasteiger charge is 2.18. The predicted molar refractivity (Wildman–Crippen MR) is 210 cm³/mol. The van der Waals surface area contributed by atoms with Crippen LogP contribution in [0.3, 0.4) is 0 Å². The van der Waals surface area contributed by atoms with Gasteiger partial charge in [-0.15, -0.1) is 0 Å². The monoisotopic (exact) mass is 654 g/mol. The molecule has 0 aliphatic heterocycles. The Morgan fingerprint density at radius 1 is 0.353 bits per heavy atom. The Kier molecular flexibility index (Phi) is 6.78. The summed E-state index contributed by atoms with van der Waals surface area (Å²) in [5.41, 5.74) is 11.8. The van der Waals surface area contributed by atoms with Crippen molar-refractivity contribution in [3.05, 3.63) is 182 Å². The minimum Gasteiger partial charge on any atom is -0.456 e. The fourth-order valence-corrected chi connectivity index (χ4v) is 7.10. The molecule has 0 saturated heterocycles. The second kappa shape index (κ2) is 11.9. The molecule has 8 aromatic carbocycles. The maximum atomic E-state index is 6.53. The molecule has 0 bridgehead atoms. The van der Waals surface area contributed by atoms with E-state index < -0.39 is 0 Å². The molecule has 0 amide bonds. The largest absolute Gasteiger partial charge is 0.456 e. The van der Waals surface area contributed by atoms with Crippen LogP contribution in [-0.2, 0) is 0 Å². The molecule has 0 radical (unpaired) electrons. The van der Waals surface area contributed by atoms with Crippen molar-refractivity contribution in [2.75, 3.05) is 4.90 Å². The number of benzene rings is 8. The van der Waals surface area contributed by atoms with E-state index in [9.17, 15) is 0 Å². The molecule has 0 fully saturated rings. The van der Waals surface area contributed by atoms with Crippen molar-refractivity contribution < 1.29 is 8.83 Å². The highest BCUT2D eigenvalue weighted by molar-refractivity contribution is 6.10. The molecule has 0 spiro atoms. The van der Waals surface area contributed by atoms with Gasteiger partial charge in [0.1, 0.15) is 16.7 Å². The average molecular weight is 655 g/mol. The molecular weight excluding hydrogens is 625 g/mol. The van der Waals surface area contributed by atoms with Crippen LogP contribution in [0.2, 0.25) is 0 Å². The van der Waals surface area contributed by atoms with Crippen LogP contribution in [0.15, 0.2) is 191 Å². The van der Waals surface area contributed by atoms with Crippen molar-refractivity contribution in [1.29, 1.82) is 0 Å². The normalized spacial score (nSPS) is 11.5. The van der Waals surface area contributed by atoms with Gasteiger partial charge in [-0.1, -0.05) is 109 Å². The van der Waals surface area contributed by atoms with E-state index in [1.807, 2.05) is 42.5 Å². The lowest BCUT2D eigenvalue weighted by molar-refractivity contribution is 0.617. The molecule has 0 N–H and O–H groups in total. The van der Waals surface area contributed by atoms with Crippen LogP contribution in [0, 0.1) is 0 Å². The smallest absolute Gasteiger partial charge is 0.227 e. The first kappa shape index (κ1) is 29.0. The van der Waals surface area contributed by atoms with E-state index >= 15 is 0 Å². The summed E-state index contributed by atoms with van der Waals surface area (Å²) in [4.78, 5) is 7.10. The maximum Gasteiger partial charge on any atom is 0.227 e. The minimum atomic E-state index is 0.602. The Bertz CT molecular complexity index is 2850. The van der Waals surface area contributed by atoms with Crippen LogP contribution in [0.25, 0.3) is 77.5 Å². The van der Waals surface area contributed by atoms with Gasteiger partial charge in [0.25, 0.3) is 0 Å². The molecule has 0 saturated carbocycles. The van der Waals surface area contributed by atoms with E-state index in [4.69, 9.17) is 13.8 Å². The summed E-state index contributed by atoms with van der Waals surface area (Å²) in [6.07, 6.45) is 0. The Labute approximate surface area is 294 Å². The molecule has 2 aromatic heterocycles. The van der Waals surface area contributed by atoms with Crippen molar-refractivity contribution in [1.82, 2.24) is 4.98 Å². The number of rotatable bonds is 6. The number of nitrogens with zero attached hydrogens (tertiary/aromatic N) is 2. The lowest BCUT2D eigenvalue weighted by Crippen LogP contribution is -2.10. The minimum absolute atomic E-state index is 0.602. The second-order valence-electron chi connectivity index (χ2n) is 12.8. The molecule has 4 heteroatoms. The Balaban J connectivity index is 1.09. The van der Waals surface area contributed by atoms with E-state index in [1.165, 1.54) is 27.5 Å². The first-order chi connectivity index (χ1) is 25.2. The van der Waals surface area contributed by atoms with Gasteiger partial charge in [0, 0.05) is 45.5 Å². The molecule has 51 heavy (non-hydrogen) atoms. The molecule has 0 atom stereocenters. The Morgan fingerprint density at radius 2 is 0.980 bits per heavy atom. The zero-order valence-corrected chi connectivity index (χ0v) is 27.5. The number of hydrogen-bond acceptors (Lipinski definition) is 4. The van der Waals surface area contributed by atoms with Gasteiger partial charge in [0.2, 0.25) is 5.89 Å². The van der Waals surface area contributed by atoms with Gasteiger partial charge in [0.05, 0.1) is 0 Å².